The normalized spacial score (nSPS) is 13.1. The molecule has 0 aliphatic carbocycles. The third-order valence-electron chi connectivity index (χ3n) is 4.05. The maximum atomic E-state index is 12.1. The van der Waals surface area contributed by atoms with Crippen molar-refractivity contribution in [1.29, 1.82) is 0 Å². The lowest BCUT2D eigenvalue weighted by Gasteiger charge is -2.19. The molecule has 1 amide bonds. The summed E-state index contributed by atoms with van der Waals surface area (Å²) in [5, 5.41) is 2.96. The second kappa shape index (κ2) is 6.53. The Labute approximate surface area is 139 Å². The first kappa shape index (κ1) is 15.1. The van der Waals surface area contributed by atoms with Crippen LogP contribution < -0.4 is 10.2 Å². The molecule has 0 radical (unpaired) electrons. The maximum absolute atomic E-state index is 12.1. The quantitative estimate of drug-likeness (QED) is 0.890. The lowest BCUT2D eigenvalue weighted by Crippen LogP contribution is -2.26. The summed E-state index contributed by atoms with van der Waals surface area (Å²) in [6, 6.07) is 14.3. The van der Waals surface area contributed by atoms with E-state index in [2.05, 4.69) is 50.4 Å². The van der Waals surface area contributed by atoms with Crippen molar-refractivity contribution >= 4 is 33.2 Å². The Morgan fingerprint density at radius 1 is 1.27 bits per heavy atom. The Morgan fingerprint density at radius 3 is 2.91 bits per heavy atom. The van der Waals surface area contributed by atoms with Crippen molar-refractivity contribution in [1.82, 2.24) is 0 Å². The minimum Gasteiger partial charge on any atom is -0.370 e. The predicted molar refractivity (Wildman–Crippen MR) is 94.5 cm³/mol. The Kier molecular flexibility index (Phi) is 4.48. The standard InChI is InChI=1S/C18H19BrN2O/c1-13-6-7-15(12-16(13)19)20-18(22)9-11-21-10-8-14-4-2-3-5-17(14)21/h2-7,12H,8-11H2,1H3,(H,20,22). The highest BCUT2D eigenvalue weighted by Crippen LogP contribution is 2.27. The van der Waals surface area contributed by atoms with Crippen molar-refractivity contribution in [2.75, 3.05) is 23.3 Å². The highest BCUT2D eigenvalue weighted by molar-refractivity contribution is 9.10. The van der Waals surface area contributed by atoms with Gasteiger partial charge in [-0.2, -0.15) is 0 Å². The summed E-state index contributed by atoms with van der Waals surface area (Å²) < 4.78 is 1.01. The largest absolute Gasteiger partial charge is 0.370 e. The minimum absolute atomic E-state index is 0.0557. The number of carbonyl (C=O) groups is 1. The number of amides is 1. The Bertz CT molecular complexity index is 699. The van der Waals surface area contributed by atoms with Gasteiger partial charge in [0.1, 0.15) is 0 Å². The first-order chi connectivity index (χ1) is 10.6. The molecule has 2 aromatic rings. The van der Waals surface area contributed by atoms with E-state index >= 15 is 0 Å². The van der Waals surface area contributed by atoms with Gasteiger partial charge in [0, 0.05) is 35.4 Å². The highest BCUT2D eigenvalue weighted by atomic mass is 79.9. The van der Waals surface area contributed by atoms with Crippen molar-refractivity contribution in [3.05, 3.63) is 58.1 Å². The van der Waals surface area contributed by atoms with E-state index in [4.69, 9.17) is 0 Å². The molecule has 114 valence electrons. The summed E-state index contributed by atoms with van der Waals surface area (Å²) in [7, 11) is 0. The number of halogens is 1. The number of aryl methyl sites for hydroxylation is 1. The van der Waals surface area contributed by atoms with Crippen molar-refractivity contribution in [2.45, 2.75) is 19.8 Å². The third-order valence-corrected chi connectivity index (χ3v) is 4.90. The SMILES string of the molecule is Cc1ccc(NC(=O)CCN2CCc3ccccc32)cc1Br. The van der Waals surface area contributed by atoms with E-state index in [0.29, 0.717) is 6.42 Å². The van der Waals surface area contributed by atoms with E-state index in [9.17, 15) is 4.79 Å². The fourth-order valence-electron chi connectivity index (χ4n) is 2.77. The van der Waals surface area contributed by atoms with Crippen molar-refractivity contribution < 1.29 is 4.79 Å². The molecular formula is C18H19BrN2O. The van der Waals surface area contributed by atoms with Gasteiger partial charge in [-0.25, -0.2) is 0 Å². The van der Waals surface area contributed by atoms with Gasteiger partial charge in [0.05, 0.1) is 0 Å². The zero-order valence-electron chi connectivity index (χ0n) is 12.6. The topological polar surface area (TPSA) is 32.3 Å². The zero-order valence-corrected chi connectivity index (χ0v) is 14.2. The molecule has 3 rings (SSSR count). The Balaban J connectivity index is 1.56. The Morgan fingerprint density at radius 2 is 2.09 bits per heavy atom. The molecule has 22 heavy (non-hydrogen) atoms. The summed E-state index contributed by atoms with van der Waals surface area (Å²) in [5.74, 6) is 0.0557. The van der Waals surface area contributed by atoms with Crippen LogP contribution in [0.5, 0.6) is 0 Å². The number of hydrogen-bond donors (Lipinski definition) is 1. The lowest BCUT2D eigenvalue weighted by molar-refractivity contribution is -0.116. The summed E-state index contributed by atoms with van der Waals surface area (Å²) in [6.07, 6.45) is 1.57. The number of benzene rings is 2. The van der Waals surface area contributed by atoms with Crippen LogP contribution in [0.15, 0.2) is 46.9 Å². The van der Waals surface area contributed by atoms with Crippen LogP contribution in [0.2, 0.25) is 0 Å². The number of para-hydroxylation sites is 1. The minimum atomic E-state index is 0.0557. The van der Waals surface area contributed by atoms with E-state index in [0.717, 1.165) is 35.2 Å². The van der Waals surface area contributed by atoms with Crippen LogP contribution in [0, 0.1) is 6.92 Å². The van der Waals surface area contributed by atoms with Gasteiger partial charge in [0.15, 0.2) is 0 Å². The number of hydrogen-bond acceptors (Lipinski definition) is 2. The van der Waals surface area contributed by atoms with Crippen LogP contribution in [0.25, 0.3) is 0 Å². The molecule has 1 N–H and O–H groups in total. The number of nitrogens with one attached hydrogen (secondary N) is 1. The molecule has 2 aromatic carbocycles. The first-order valence-electron chi connectivity index (χ1n) is 7.52. The molecule has 1 heterocycles. The molecule has 0 saturated carbocycles. The molecule has 0 saturated heterocycles. The van der Waals surface area contributed by atoms with Gasteiger partial charge in [-0.15, -0.1) is 0 Å². The number of nitrogens with zero attached hydrogens (tertiary/aromatic N) is 1. The molecule has 0 fully saturated rings. The zero-order chi connectivity index (χ0) is 15.5. The number of rotatable bonds is 4. The van der Waals surface area contributed by atoms with Crippen LogP contribution in [-0.2, 0) is 11.2 Å². The molecule has 1 aliphatic heterocycles. The van der Waals surface area contributed by atoms with Crippen LogP contribution in [-0.4, -0.2) is 19.0 Å². The van der Waals surface area contributed by atoms with Gasteiger partial charge < -0.3 is 10.2 Å². The van der Waals surface area contributed by atoms with Crippen LogP contribution >= 0.6 is 15.9 Å². The van der Waals surface area contributed by atoms with E-state index in [1.807, 2.05) is 25.1 Å². The molecule has 0 spiro atoms. The van der Waals surface area contributed by atoms with Crippen molar-refractivity contribution in [3.63, 3.8) is 0 Å². The van der Waals surface area contributed by atoms with Gasteiger partial charge in [-0.05, 0) is 42.7 Å². The third kappa shape index (κ3) is 3.33. The smallest absolute Gasteiger partial charge is 0.226 e. The second-order valence-electron chi connectivity index (χ2n) is 5.63. The maximum Gasteiger partial charge on any atom is 0.226 e. The fraction of sp³-hybridized carbons (Fsp3) is 0.278. The molecule has 0 aromatic heterocycles. The molecule has 0 unspecified atom stereocenters. The summed E-state index contributed by atoms with van der Waals surface area (Å²) in [6.45, 7) is 3.79. The van der Waals surface area contributed by atoms with Gasteiger partial charge in [0.2, 0.25) is 5.91 Å². The molecule has 4 heteroatoms. The highest BCUT2D eigenvalue weighted by Gasteiger charge is 2.18. The van der Waals surface area contributed by atoms with E-state index in [-0.39, 0.29) is 5.91 Å². The van der Waals surface area contributed by atoms with Gasteiger partial charge in [-0.3, -0.25) is 4.79 Å². The molecule has 0 bridgehead atoms. The monoisotopic (exact) mass is 358 g/mol. The lowest BCUT2D eigenvalue weighted by atomic mass is 10.2. The van der Waals surface area contributed by atoms with Crippen molar-refractivity contribution in [2.24, 2.45) is 0 Å². The van der Waals surface area contributed by atoms with E-state index < -0.39 is 0 Å². The van der Waals surface area contributed by atoms with Gasteiger partial charge >= 0.3 is 0 Å². The van der Waals surface area contributed by atoms with E-state index in [1.54, 1.807) is 0 Å². The van der Waals surface area contributed by atoms with Gasteiger partial charge in [-0.1, -0.05) is 40.2 Å². The molecule has 3 nitrogen and oxygen atoms in total. The Hall–Kier alpha value is -1.81. The first-order valence-corrected chi connectivity index (χ1v) is 8.31. The number of anilines is 2. The molecule has 1 aliphatic rings. The van der Waals surface area contributed by atoms with Crippen LogP contribution in [0.1, 0.15) is 17.5 Å². The average Bonchev–Trinajstić information content (AvgIpc) is 2.92. The predicted octanol–water partition coefficient (Wildman–Crippen LogP) is 4.15. The van der Waals surface area contributed by atoms with Crippen LogP contribution in [0.4, 0.5) is 11.4 Å². The summed E-state index contributed by atoms with van der Waals surface area (Å²) >= 11 is 3.49. The fourth-order valence-corrected chi connectivity index (χ4v) is 3.15. The number of fused-ring (bicyclic) bond motifs is 1. The summed E-state index contributed by atoms with van der Waals surface area (Å²) in [4.78, 5) is 14.4. The second-order valence-corrected chi connectivity index (χ2v) is 6.48. The van der Waals surface area contributed by atoms with Crippen molar-refractivity contribution in [3.8, 4) is 0 Å². The summed E-state index contributed by atoms with van der Waals surface area (Å²) in [5.41, 5.74) is 4.65. The number of carbonyl (C=O) groups excluding carboxylic acids is 1. The van der Waals surface area contributed by atoms with E-state index in [1.165, 1.54) is 11.3 Å². The van der Waals surface area contributed by atoms with Gasteiger partial charge in [0.25, 0.3) is 0 Å². The average molecular weight is 359 g/mol. The van der Waals surface area contributed by atoms with Crippen LogP contribution in [0.3, 0.4) is 0 Å². The molecule has 0 atom stereocenters. The molecular weight excluding hydrogens is 340 g/mol.